The fourth-order valence-electron chi connectivity index (χ4n) is 1.44. The van der Waals surface area contributed by atoms with Crippen molar-refractivity contribution in [3.05, 3.63) is 10.4 Å². The SMILES string of the molecule is COCCN(CCCN=[N+]=[N-])CC(C)C. The van der Waals surface area contributed by atoms with Crippen LogP contribution in [0, 0.1) is 5.92 Å². The Labute approximate surface area is 92.0 Å². The van der Waals surface area contributed by atoms with Gasteiger partial charge >= 0.3 is 0 Å². The van der Waals surface area contributed by atoms with Gasteiger partial charge in [-0.1, -0.05) is 19.0 Å². The summed E-state index contributed by atoms with van der Waals surface area (Å²) in [5.41, 5.74) is 8.14. The predicted molar refractivity (Wildman–Crippen MR) is 61.8 cm³/mol. The summed E-state index contributed by atoms with van der Waals surface area (Å²) < 4.78 is 5.06. The first-order chi connectivity index (χ1) is 7.20. The summed E-state index contributed by atoms with van der Waals surface area (Å²) in [5.74, 6) is 0.654. The van der Waals surface area contributed by atoms with Crippen LogP contribution in [0.25, 0.3) is 10.4 Å². The van der Waals surface area contributed by atoms with E-state index in [1.165, 1.54) is 0 Å². The molecule has 0 rings (SSSR count). The lowest BCUT2D eigenvalue weighted by Gasteiger charge is -2.23. The van der Waals surface area contributed by atoms with E-state index < -0.39 is 0 Å². The summed E-state index contributed by atoms with van der Waals surface area (Å²) in [5, 5.41) is 3.53. The first-order valence-electron chi connectivity index (χ1n) is 5.42. The molecular weight excluding hydrogens is 192 g/mol. The average Bonchev–Trinajstić information content (AvgIpc) is 2.19. The van der Waals surface area contributed by atoms with Crippen molar-refractivity contribution in [2.75, 3.05) is 39.9 Å². The highest BCUT2D eigenvalue weighted by Gasteiger charge is 2.06. The molecule has 0 spiro atoms. The van der Waals surface area contributed by atoms with Gasteiger partial charge < -0.3 is 9.64 Å². The van der Waals surface area contributed by atoms with Crippen molar-refractivity contribution in [2.45, 2.75) is 20.3 Å². The molecule has 0 amide bonds. The Bertz CT molecular complexity index is 190. The summed E-state index contributed by atoms with van der Waals surface area (Å²) in [6.07, 6.45) is 0.917. The van der Waals surface area contributed by atoms with E-state index in [1.54, 1.807) is 7.11 Å². The Balaban J connectivity index is 3.73. The van der Waals surface area contributed by atoms with Crippen LogP contribution in [0.2, 0.25) is 0 Å². The van der Waals surface area contributed by atoms with Crippen LogP contribution in [0.4, 0.5) is 0 Å². The molecule has 0 saturated heterocycles. The topological polar surface area (TPSA) is 61.2 Å². The molecular formula is C10H22N4O. The van der Waals surface area contributed by atoms with Gasteiger partial charge in [-0.2, -0.15) is 0 Å². The largest absolute Gasteiger partial charge is 0.383 e. The molecule has 0 aliphatic rings. The molecule has 0 bridgehead atoms. The van der Waals surface area contributed by atoms with Crippen molar-refractivity contribution in [2.24, 2.45) is 11.0 Å². The molecule has 0 saturated carbocycles. The zero-order chi connectivity index (χ0) is 11.5. The summed E-state index contributed by atoms with van der Waals surface area (Å²) in [6.45, 7) is 8.73. The smallest absolute Gasteiger partial charge is 0.0589 e. The summed E-state index contributed by atoms with van der Waals surface area (Å²) in [7, 11) is 1.72. The van der Waals surface area contributed by atoms with Crippen molar-refractivity contribution in [3.8, 4) is 0 Å². The molecule has 0 N–H and O–H groups in total. The zero-order valence-electron chi connectivity index (χ0n) is 10.0. The van der Waals surface area contributed by atoms with Crippen LogP contribution in [-0.4, -0.2) is 44.8 Å². The van der Waals surface area contributed by atoms with Gasteiger partial charge in [0.1, 0.15) is 0 Å². The number of rotatable bonds is 9. The van der Waals surface area contributed by atoms with Gasteiger partial charge in [-0.3, -0.25) is 0 Å². The van der Waals surface area contributed by atoms with E-state index in [1.807, 2.05) is 0 Å². The Morgan fingerprint density at radius 2 is 2.13 bits per heavy atom. The quantitative estimate of drug-likeness (QED) is 0.256. The number of azide groups is 1. The van der Waals surface area contributed by atoms with Gasteiger partial charge in [-0.15, -0.1) is 0 Å². The van der Waals surface area contributed by atoms with Gasteiger partial charge in [0.25, 0.3) is 0 Å². The normalized spacial score (nSPS) is 10.7. The molecule has 5 nitrogen and oxygen atoms in total. The van der Waals surface area contributed by atoms with Crippen molar-refractivity contribution in [1.82, 2.24) is 4.90 Å². The standard InChI is InChI=1S/C10H22N4O/c1-10(2)9-14(7-8-15-3)6-4-5-12-13-11/h10H,4-9H2,1-3H3. The number of methoxy groups -OCH3 is 1. The Morgan fingerprint density at radius 1 is 1.40 bits per heavy atom. The van der Waals surface area contributed by atoms with E-state index in [0.29, 0.717) is 12.5 Å². The summed E-state index contributed by atoms with van der Waals surface area (Å²) in [4.78, 5) is 5.09. The first kappa shape index (κ1) is 14.2. The predicted octanol–water partition coefficient (Wildman–Crippen LogP) is 2.29. The highest BCUT2D eigenvalue weighted by molar-refractivity contribution is 4.61. The molecule has 0 aromatic heterocycles. The third kappa shape index (κ3) is 9.53. The van der Waals surface area contributed by atoms with Gasteiger partial charge in [0, 0.05) is 31.7 Å². The van der Waals surface area contributed by atoms with Crippen molar-refractivity contribution in [1.29, 1.82) is 0 Å². The highest BCUT2D eigenvalue weighted by atomic mass is 16.5. The maximum atomic E-state index is 8.14. The molecule has 0 aromatic rings. The average molecular weight is 214 g/mol. The minimum Gasteiger partial charge on any atom is -0.383 e. The molecule has 0 aliphatic heterocycles. The maximum absolute atomic E-state index is 8.14. The monoisotopic (exact) mass is 214 g/mol. The Morgan fingerprint density at radius 3 is 2.67 bits per heavy atom. The van der Waals surface area contributed by atoms with E-state index >= 15 is 0 Å². The summed E-state index contributed by atoms with van der Waals surface area (Å²) >= 11 is 0. The van der Waals surface area contributed by atoms with Crippen LogP contribution < -0.4 is 0 Å². The van der Waals surface area contributed by atoms with E-state index in [2.05, 4.69) is 28.8 Å². The second-order valence-electron chi connectivity index (χ2n) is 4.00. The molecule has 0 unspecified atom stereocenters. The van der Waals surface area contributed by atoms with Crippen molar-refractivity contribution < 1.29 is 4.74 Å². The van der Waals surface area contributed by atoms with Crippen LogP contribution in [0.15, 0.2) is 5.11 Å². The van der Waals surface area contributed by atoms with Crippen LogP contribution >= 0.6 is 0 Å². The number of hydrogen-bond acceptors (Lipinski definition) is 3. The minimum atomic E-state index is 0.581. The van der Waals surface area contributed by atoms with Gasteiger partial charge in [0.05, 0.1) is 6.61 Å². The van der Waals surface area contributed by atoms with Crippen LogP contribution in [0.3, 0.4) is 0 Å². The molecule has 0 heterocycles. The van der Waals surface area contributed by atoms with Crippen molar-refractivity contribution >= 4 is 0 Å². The lowest BCUT2D eigenvalue weighted by atomic mass is 10.2. The maximum Gasteiger partial charge on any atom is 0.0589 e. The van der Waals surface area contributed by atoms with Gasteiger partial charge in [-0.25, -0.2) is 0 Å². The molecule has 0 aromatic carbocycles. The molecule has 0 atom stereocenters. The molecule has 5 heteroatoms. The lowest BCUT2D eigenvalue weighted by molar-refractivity contribution is 0.139. The van der Waals surface area contributed by atoms with Gasteiger partial charge in [0.15, 0.2) is 0 Å². The molecule has 88 valence electrons. The zero-order valence-corrected chi connectivity index (χ0v) is 10.0. The highest BCUT2D eigenvalue weighted by Crippen LogP contribution is 2.00. The van der Waals surface area contributed by atoms with Gasteiger partial charge in [-0.05, 0) is 24.4 Å². The van der Waals surface area contributed by atoms with E-state index in [4.69, 9.17) is 10.3 Å². The fourth-order valence-corrected chi connectivity index (χ4v) is 1.44. The second kappa shape index (κ2) is 9.77. The minimum absolute atomic E-state index is 0.581. The molecule has 0 aliphatic carbocycles. The van der Waals surface area contributed by atoms with Gasteiger partial charge in [0.2, 0.25) is 0 Å². The van der Waals surface area contributed by atoms with E-state index in [9.17, 15) is 0 Å². The molecule has 0 fully saturated rings. The number of ether oxygens (including phenoxy) is 1. The summed E-state index contributed by atoms with van der Waals surface area (Å²) in [6, 6.07) is 0. The third-order valence-electron chi connectivity index (χ3n) is 2.03. The Hall–Kier alpha value is -0.770. The second-order valence-corrected chi connectivity index (χ2v) is 4.00. The number of hydrogen-bond donors (Lipinski definition) is 0. The molecule has 0 radical (unpaired) electrons. The third-order valence-corrected chi connectivity index (χ3v) is 2.03. The van der Waals surface area contributed by atoms with Crippen LogP contribution in [0.1, 0.15) is 20.3 Å². The number of nitrogens with zero attached hydrogens (tertiary/aromatic N) is 4. The van der Waals surface area contributed by atoms with Crippen LogP contribution in [-0.2, 0) is 4.74 Å². The first-order valence-corrected chi connectivity index (χ1v) is 5.42. The lowest BCUT2D eigenvalue weighted by Crippen LogP contribution is -2.32. The Kier molecular flexibility index (Phi) is 9.27. The van der Waals surface area contributed by atoms with Crippen molar-refractivity contribution in [3.63, 3.8) is 0 Å². The van der Waals surface area contributed by atoms with E-state index in [0.717, 1.165) is 32.7 Å². The molecule has 15 heavy (non-hydrogen) atoms. The fraction of sp³-hybridized carbons (Fsp3) is 1.00. The van der Waals surface area contributed by atoms with Crippen LogP contribution in [0.5, 0.6) is 0 Å². The van der Waals surface area contributed by atoms with E-state index in [-0.39, 0.29) is 0 Å².